The van der Waals surface area contributed by atoms with E-state index in [4.69, 9.17) is 0 Å². The molecule has 0 aliphatic carbocycles. The summed E-state index contributed by atoms with van der Waals surface area (Å²) < 4.78 is 2.12. The Morgan fingerprint density at radius 2 is 1.44 bits per heavy atom. The highest BCUT2D eigenvalue weighted by Crippen LogP contribution is 2.14. The van der Waals surface area contributed by atoms with Gasteiger partial charge in [0.1, 0.15) is 0 Å². The minimum atomic E-state index is 0. The lowest BCUT2D eigenvalue weighted by Crippen LogP contribution is -2.28. The van der Waals surface area contributed by atoms with Crippen LogP contribution in [0.5, 0.6) is 0 Å². The maximum Gasteiger partial charge on any atom is 0.210 e. The van der Waals surface area contributed by atoms with Crippen LogP contribution in [-0.4, -0.2) is 0 Å². The van der Waals surface area contributed by atoms with Crippen molar-refractivity contribution in [3.05, 3.63) is 60.4 Å². The summed E-state index contributed by atoms with van der Waals surface area (Å²) in [6, 6.07) is 14.8. The molecular formula is C15H20N+. The molecular weight excluding hydrogens is 194 g/mol. The van der Waals surface area contributed by atoms with Gasteiger partial charge in [-0.2, -0.15) is 4.57 Å². The fraction of sp³-hybridized carbons (Fsp3) is 0.267. The highest BCUT2D eigenvalue weighted by Gasteiger charge is 2.04. The van der Waals surface area contributed by atoms with Gasteiger partial charge in [-0.1, -0.05) is 39.5 Å². The van der Waals surface area contributed by atoms with Crippen LogP contribution in [0.1, 0.15) is 32.8 Å². The molecule has 0 aliphatic rings. The second-order valence-electron chi connectivity index (χ2n) is 4.03. The SMILES string of the molecule is C.CC(C)c1ccc(-[n+]2ccccc2)cc1. The first-order valence-electron chi connectivity index (χ1n) is 5.34. The number of nitrogens with zero attached hydrogens (tertiary/aromatic N) is 1. The van der Waals surface area contributed by atoms with Crippen molar-refractivity contribution in [1.82, 2.24) is 0 Å². The second kappa shape index (κ2) is 5.45. The van der Waals surface area contributed by atoms with Gasteiger partial charge in [0.05, 0.1) is 0 Å². The molecule has 0 amide bonds. The summed E-state index contributed by atoms with van der Waals surface area (Å²) in [7, 11) is 0. The van der Waals surface area contributed by atoms with Gasteiger partial charge in [-0.05, 0) is 11.5 Å². The standard InChI is InChI=1S/C14H16N.CH4/c1-12(2)13-6-8-14(9-7-13)15-10-4-3-5-11-15;/h3-12H,1-2H3;1H4/q+1;. The zero-order valence-corrected chi connectivity index (χ0v) is 9.22. The van der Waals surface area contributed by atoms with Gasteiger partial charge < -0.3 is 0 Å². The number of aromatic nitrogens is 1. The summed E-state index contributed by atoms with van der Waals surface area (Å²) in [5, 5.41) is 0. The molecule has 84 valence electrons. The molecule has 2 aromatic rings. The Morgan fingerprint density at radius 1 is 0.875 bits per heavy atom. The van der Waals surface area contributed by atoms with Crippen LogP contribution in [0.2, 0.25) is 0 Å². The number of rotatable bonds is 2. The molecule has 0 saturated heterocycles. The molecule has 0 saturated carbocycles. The van der Waals surface area contributed by atoms with E-state index in [0.29, 0.717) is 5.92 Å². The van der Waals surface area contributed by atoms with Gasteiger partial charge in [-0.15, -0.1) is 0 Å². The monoisotopic (exact) mass is 214 g/mol. The molecule has 16 heavy (non-hydrogen) atoms. The fourth-order valence-electron chi connectivity index (χ4n) is 1.60. The summed E-state index contributed by atoms with van der Waals surface area (Å²) in [5.74, 6) is 0.597. The van der Waals surface area contributed by atoms with Crippen molar-refractivity contribution in [3.8, 4) is 5.69 Å². The molecule has 1 aromatic heterocycles. The smallest absolute Gasteiger partial charge is 0.167 e. The predicted molar refractivity (Wildman–Crippen MR) is 68.8 cm³/mol. The van der Waals surface area contributed by atoms with Crippen LogP contribution in [-0.2, 0) is 0 Å². The molecule has 0 aliphatic heterocycles. The van der Waals surface area contributed by atoms with Crippen LogP contribution in [0, 0.1) is 0 Å². The van der Waals surface area contributed by atoms with Crippen molar-refractivity contribution >= 4 is 0 Å². The molecule has 0 atom stereocenters. The Morgan fingerprint density at radius 3 is 1.94 bits per heavy atom. The minimum Gasteiger partial charge on any atom is -0.167 e. The van der Waals surface area contributed by atoms with E-state index in [-0.39, 0.29) is 7.43 Å². The maximum atomic E-state index is 2.21. The average molecular weight is 214 g/mol. The van der Waals surface area contributed by atoms with E-state index < -0.39 is 0 Å². The number of hydrogen-bond donors (Lipinski definition) is 0. The van der Waals surface area contributed by atoms with Crippen LogP contribution < -0.4 is 4.57 Å². The largest absolute Gasteiger partial charge is 0.210 e. The van der Waals surface area contributed by atoms with Gasteiger partial charge in [0.2, 0.25) is 5.69 Å². The predicted octanol–water partition coefficient (Wildman–Crippen LogP) is 3.72. The molecule has 0 radical (unpaired) electrons. The van der Waals surface area contributed by atoms with Gasteiger partial charge in [0.25, 0.3) is 0 Å². The Bertz CT molecular complexity index is 415. The average Bonchev–Trinajstić information content (AvgIpc) is 2.30. The maximum absolute atomic E-state index is 2.21. The van der Waals surface area contributed by atoms with Crippen LogP contribution in [0.4, 0.5) is 0 Å². The van der Waals surface area contributed by atoms with Crippen LogP contribution in [0.15, 0.2) is 54.9 Å². The molecule has 1 heteroatoms. The van der Waals surface area contributed by atoms with Crippen molar-refractivity contribution in [2.75, 3.05) is 0 Å². The van der Waals surface area contributed by atoms with E-state index in [1.807, 2.05) is 18.2 Å². The van der Waals surface area contributed by atoms with Crippen molar-refractivity contribution in [1.29, 1.82) is 0 Å². The molecule has 1 aromatic carbocycles. The quantitative estimate of drug-likeness (QED) is 0.671. The molecule has 0 spiro atoms. The molecule has 2 rings (SSSR count). The van der Waals surface area contributed by atoms with Crippen LogP contribution in [0.3, 0.4) is 0 Å². The van der Waals surface area contributed by atoms with Crippen molar-refractivity contribution in [2.24, 2.45) is 0 Å². The molecule has 1 heterocycles. The van der Waals surface area contributed by atoms with Crippen LogP contribution in [0.25, 0.3) is 5.69 Å². The lowest BCUT2D eigenvalue weighted by molar-refractivity contribution is -0.595. The van der Waals surface area contributed by atoms with Crippen molar-refractivity contribution in [2.45, 2.75) is 27.2 Å². The Kier molecular flexibility index (Phi) is 4.24. The Labute approximate surface area is 98.4 Å². The normalized spacial score (nSPS) is 9.94. The highest BCUT2D eigenvalue weighted by molar-refractivity contribution is 5.29. The van der Waals surface area contributed by atoms with Gasteiger partial charge in [0.15, 0.2) is 12.4 Å². The van der Waals surface area contributed by atoms with Gasteiger partial charge in [0, 0.05) is 24.3 Å². The Hall–Kier alpha value is -1.63. The van der Waals surface area contributed by atoms with E-state index in [1.165, 1.54) is 11.3 Å². The van der Waals surface area contributed by atoms with Crippen LogP contribution >= 0.6 is 0 Å². The summed E-state index contributed by atoms with van der Waals surface area (Å²) in [4.78, 5) is 0. The molecule has 0 unspecified atom stereocenters. The molecule has 0 fully saturated rings. The topological polar surface area (TPSA) is 3.88 Å². The van der Waals surface area contributed by atoms with E-state index >= 15 is 0 Å². The molecule has 0 bridgehead atoms. The number of benzene rings is 1. The van der Waals surface area contributed by atoms with E-state index in [2.05, 4.69) is 55.1 Å². The molecule has 0 N–H and O–H groups in total. The number of hydrogen-bond acceptors (Lipinski definition) is 0. The van der Waals surface area contributed by atoms with Gasteiger partial charge in [-0.3, -0.25) is 0 Å². The third-order valence-corrected chi connectivity index (χ3v) is 2.57. The fourth-order valence-corrected chi connectivity index (χ4v) is 1.60. The summed E-state index contributed by atoms with van der Waals surface area (Å²) in [6.07, 6.45) is 4.12. The first-order valence-corrected chi connectivity index (χ1v) is 5.34. The lowest BCUT2D eigenvalue weighted by atomic mass is 10.0. The van der Waals surface area contributed by atoms with Crippen molar-refractivity contribution < 1.29 is 4.57 Å². The Balaban J connectivity index is 0.00000128. The van der Waals surface area contributed by atoms with E-state index in [9.17, 15) is 0 Å². The summed E-state index contributed by atoms with van der Waals surface area (Å²) in [5.41, 5.74) is 2.59. The molecule has 1 nitrogen and oxygen atoms in total. The van der Waals surface area contributed by atoms with Gasteiger partial charge >= 0.3 is 0 Å². The van der Waals surface area contributed by atoms with Gasteiger partial charge in [-0.25, -0.2) is 0 Å². The van der Waals surface area contributed by atoms with Crippen molar-refractivity contribution in [3.63, 3.8) is 0 Å². The first-order chi connectivity index (χ1) is 7.27. The van der Waals surface area contributed by atoms with E-state index in [0.717, 1.165) is 0 Å². The highest BCUT2D eigenvalue weighted by atomic mass is 14.9. The first kappa shape index (κ1) is 12.4. The zero-order valence-electron chi connectivity index (χ0n) is 9.22. The number of pyridine rings is 1. The lowest BCUT2D eigenvalue weighted by Gasteiger charge is -2.03. The summed E-state index contributed by atoms with van der Waals surface area (Å²) >= 11 is 0. The third-order valence-electron chi connectivity index (χ3n) is 2.57. The third kappa shape index (κ3) is 2.69. The zero-order chi connectivity index (χ0) is 10.7. The minimum absolute atomic E-state index is 0. The summed E-state index contributed by atoms with van der Waals surface area (Å²) in [6.45, 7) is 4.43. The van der Waals surface area contributed by atoms with E-state index in [1.54, 1.807) is 0 Å². The second-order valence-corrected chi connectivity index (χ2v) is 4.03.